The molecule has 0 bridgehead atoms. The lowest BCUT2D eigenvalue weighted by atomic mass is 10.00. The minimum absolute atomic E-state index is 0.894. The summed E-state index contributed by atoms with van der Waals surface area (Å²) in [4.78, 5) is 2.38. The number of benzene rings is 10. The van der Waals surface area contributed by atoms with Gasteiger partial charge in [-0.3, -0.25) is 0 Å². The van der Waals surface area contributed by atoms with Gasteiger partial charge in [0.25, 0.3) is 0 Å². The fourth-order valence-corrected chi connectivity index (χ4v) is 10.0. The molecule has 0 unspecified atom stereocenters. The molecule has 3 nitrogen and oxygen atoms in total. The van der Waals surface area contributed by atoms with Gasteiger partial charge < -0.3 is 13.9 Å². The maximum Gasteiger partial charge on any atom is 0.135 e. The fraction of sp³-hybridized carbons (Fsp3) is 0.0175. The summed E-state index contributed by atoms with van der Waals surface area (Å²) in [5.74, 6) is 0. The second kappa shape index (κ2) is 12.8. The number of para-hydroxylation sites is 1. The van der Waals surface area contributed by atoms with Gasteiger partial charge >= 0.3 is 0 Å². The first kappa shape index (κ1) is 33.1. The van der Waals surface area contributed by atoms with E-state index in [1.54, 1.807) is 0 Å². The third-order valence-corrected chi connectivity index (χ3v) is 12.8. The Morgan fingerprint density at radius 2 is 0.933 bits per heavy atom. The topological polar surface area (TPSA) is 21.3 Å². The lowest BCUT2D eigenvalue weighted by molar-refractivity contribution is 0.669. The molecule has 0 saturated carbocycles. The average molecular weight is 765 g/mol. The van der Waals surface area contributed by atoms with E-state index in [2.05, 4.69) is 204 Å². The van der Waals surface area contributed by atoms with E-state index in [1.807, 2.05) is 12.1 Å². The van der Waals surface area contributed by atoms with Gasteiger partial charge in [0, 0.05) is 44.3 Å². The van der Waals surface area contributed by atoms with Gasteiger partial charge in [0.2, 0.25) is 0 Å². The normalized spacial score (nSPS) is 12.3. The predicted molar refractivity (Wildman–Crippen MR) is 251 cm³/mol. The first-order valence-corrected chi connectivity index (χ1v) is 20.7. The molecule has 1 aliphatic rings. The monoisotopic (exact) mass is 764 g/mol. The van der Waals surface area contributed by atoms with Crippen LogP contribution in [0.3, 0.4) is 0 Å². The maximum atomic E-state index is 6.25. The molecule has 0 amide bonds. The minimum Gasteiger partial charge on any atom is -0.456 e. The molecular weight excluding hydrogens is 729 g/mol. The SMILES string of the molecule is c1ccc2c(c1)Cc1cc(N(c3ccc(-c4ccc(-n5c6ccc7ccccc7c6c6c7ccccc7ccc65)cc4)cc3)c3ccc4oc5ccccc5c4c3)ccc1-2. The molecule has 12 aromatic rings. The molecule has 0 atom stereocenters. The summed E-state index contributed by atoms with van der Waals surface area (Å²) in [7, 11) is 0. The molecule has 0 fully saturated rings. The highest BCUT2D eigenvalue weighted by molar-refractivity contribution is 6.28. The zero-order valence-electron chi connectivity index (χ0n) is 32.6. The minimum atomic E-state index is 0.894. The van der Waals surface area contributed by atoms with Crippen LogP contribution in [0.4, 0.5) is 17.1 Å². The van der Waals surface area contributed by atoms with Gasteiger partial charge in [-0.25, -0.2) is 0 Å². The Hall–Kier alpha value is -7.88. The van der Waals surface area contributed by atoms with Gasteiger partial charge in [-0.2, -0.15) is 0 Å². The van der Waals surface area contributed by atoms with Crippen LogP contribution in [0.5, 0.6) is 0 Å². The molecule has 3 heteroatoms. The van der Waals surface area contributed by atoms with Gasteiger partial charge in [-0.15, -0.1) is 0 Å². The number of hydrogen-bond donors (Lipinski definition) is 0. The van der Waals surface area contributed by atoms with Crippen molar-refractivity contribution < 1.29 is 4.42 Å². The molecule has 0 N–H and O–H groups in total. The quantitative estimate of drug-likeness (QED) is 0.174. The summed E-state index contributed by atoms with van der Waals surface area (Å²) in [6.07, 6.45) is 0.940. The number of furan rings is 1. The van der Waals surface area contributed by atoms with Gasteiger partial charge in [-0.1, -0.05) is 133 Å². The van der Waals surface area contributed by atoms with Crippen LogP contribution in [0.25, 0.3) is 93.2 Å². The van der Waals surface area contributed by atoms with E-state index in [0.29, 0.717) is 0 Å². The zero-order valence-corrected chi connectivity index (χ0v) is 32.6. The number of aromatic nitrogens is 1. The van der Waals surface area contributed by atoms with Crippen LogP contribution in [0.2, 0.25) is 0 Å². The van der Waals surface area contributed by atoms with E-state index in [-0.39, 0.29) is 0 Å². The van der Waals surface area contributed by atoms with Crippen molar-refractivity contribution in [2.24, 2.45) is 0 Å². The van der Waals surface area contributed by atoms with Crippen molar-refractivity contribution in [2.45, 2.75) is 6.42 Å². The Bertz CT molecular complexity index is 3590. The molecule has 0 radical (unpaired) electrons. The van der Waals surface area contributed by atoms with Crippen LogP contribution in [0, 0.1) is 0 Å². The van der Waals surface area contributed by atoms with E-state index in [4.69, 9.17) is 4.42 Å². The molecule has 13 rings (SSSR count). The van der Waals surface area contributed by atoms with Crippen molar-refractivity contribution >= 4 is 82.4 Å². The van der Waals surface area contributed by atoms with E-state index < -0.39 is 0 Å². The van der Waals surface area contributed by atoms with Crippen molar-refractivity contribution in [3.8, 4) is 27.9 Å². The first-order valence-electron chi connectivity index (χ1n) is 20.7. The Balaban J connectivity index is 0.906. The Kier molecular flexibility index (Phi) is 7.07. The average Bonchev–Trinajstić information content (AvgIpc) is 3.99. The third-order valence-electron chi connectivity index (χ3n) is 12.8. The Labute approximate surface area is 346 Å². The summed E-state index contributed by atoms with van der Waals surface area (Å²) in [5.41, 5.74) is 16.5. The van der Waals surface area contributed by atoms with Crippen molar-refractivity contribution in [3.63, 3.8) is 0 Å². The van der Waals surface area contributed by atoms with Crippen LogP contribution in [-0.4, -0.2) is 4.57 Å². The molecule has 0 saturated heterocycles. The third kappa shape index (κ3) is 4.96. The lowest BCUT2D eigenvalue weighted by Crippen LogP contribution is -2.10. The van der Waals surface area contributed by atoms with E-state index >= 15 is 0 Å². The molecule has 2 aromatic heterocycles. The van der Waals surface area contributed by atoms with Gasteiger partial charge in [0.15, 0.2) is 0 Å². The Morgan fingerprint density at radius 3 is 1.67 bits per heavy atom. The molecule has 0 spiro atoms. The standard InChI is InChI=1S/C57H36N2O/c1-5-13-48-38(9-1)21-30-52-56(48)57-49-14-6-2-10-39(49)22-31-53(57)59(52)43-25-19-37(20-26-43)36-17-23-42(24-18-36)58(44-27-29-47-41(34-44)33-40-11-3-4-12-46(40)47)45-28-32-55-51(35-45)50-15-7-8-16-54(50)60-55/h1-32,34-35H,33H2. The first-order chi connectivity index (χ1) is 29.7. The van der Waals surface area contributed by atoms with Crippen molar-refractivity contribution in [3.05, 3.63) is 217 Å². The van der Waals surface area contributed by atoms with Crippen molar-refractivity contribution in [1.29, 1.82) is 0 Å². The second-order valence-corrected chi connectivity index (χ2v) is 16.1. The maximum absolute atomic E-state index is 6.25. The number of anilines is 3. The molecule has 10 aromatic carbocycles. The predicted octanol–water partition coefficient (Wildman–Crippen LogP) is 15.7. The Morgan fingerprint density at radius 1 is 0.383 bits per heavy atom. The lowest BCUT2D eigenvalue weighted by Gasteiger charge is -2.26. The summed E-state index contributed by atoms with van der Waals surface area (Å²) >= 11 is 0. The summed E-state index contributed by atoms with van der Waals surface area (Å²) in [5, 5.41) is 9.92. The van der Waals surface area contributed by atoms with Gasteiger partial charge in [-0.05, 0) is 134 Å². The van der Waals surface area contributed by atoms with E-state index in [9.17, 15) is 0 Å². The van der Waals surface area contributed by atoms with Gasteiger partial charge in [0.05, 0.1) is 11.0 Å². The van der Waals surface area contributed by atoms with Crippen molar-refractivity contribution in [1.82, 2.24) is 4.57 Å². The summed E-state index contributed by atoms with van der Waals surface area (Å²) in [6, 6.07) is 75.3. The van der Waals surface area contributed by atoms with Gasteiger partial charge in [0.1, 0.15) is 11.2 Å². The number of nitrogens with zero attached hydrogens (tertiary/aromatic N) is 2. The zero-order chi connectivity index (χ0) is 39.3. The molecule has 1 aliphatic carbocycles. The van der Waals surface area contributed by atoms with E-state index in [1.165, 1.54) is 76.7 Å². The number of fused-ring (bicyclic) bond motifs is 13. The molecule has 0 aliphatic heterocycles. The smallest absolute Gasteiger partial charge is 0.135 e. The van der Waals surface area contributed by atoms with Crippen LogP contribution >= 0.6 is 0 Å². The summed E-state index contributed by atoms with van der Waals surface area (Å²) < 4.78 is 8.68. The van der Waals surface area contributed by atoms with Crippen LogP contribution in [0.1, 0.15) is 11.1 Å². The number of hydrogen-bond acceptors (Lipinski definition) is 2. The van der Waals surface area contributed by atoms with Crippen LogP contribution in [-0.2, 0) is 6.42 Å². The largest absolute Gasteiger partial charge is 0.456 e. The molecule has 280 valence electrons. The highest BCUT2D eigenvalue weighted by Crippen LogP contribution is 2.44. The van der Waals surface area contributed by atoms with Crippen LogP contribution < -0.4 is 4.90 Å². The fourth-order valence-electron chi connectivity index (χ4n) is 10.0. The van der Waals surface area contributed by atoms with E-state index in [0.717, 1.165) is 51.1 Å². The molecule has 2 heterocycles. The number of rotatable bonds is 5. The molecular formula is C57H36N2O. The highest BCUT2D eigenvalue weighted by atomic mass is 16.3. The molecule has 60 heavy (non-hydrogen) atoms. The highest BCUT2D eigenvalue weighted by Gasteiger charge is 2.22. The van der Waals surface area contributed by atoms with Crippen molar-refractivity contribution in [2.75, 3.05) is 4.90 Å². The van der Waals surface area contributed by atoms with Crippen LogP contribution in [0.15, 0.2) is 211 Å². The second-order valence-electron chi connectivity index (χ2n) is 16.1. The summed E-state index contributed by atoms with van der Waals surface area (Å²) in [6.45, 7) is 0.